The summed E-state index contributed by atoms with van der Waals surface area (Å²) in [4.78, 5) is 25.8. The molecule has 29 heavy (non-hydrogen) atoms. The Labute approximate surface area is 177 Å². The number of hydrogen-bond donors (Lipinski definition) is 1. The fourth-order valence-electron chi connectivity index (χ4n) is 2.62. The second-order valence-corrected chi connectivity index (χ2v) is 8.46. The number of hydrogen-bond acceptors (Lipinski definition) is 8. The summed E-state index contributed by atoms with van der Waals surface area (Å²) in [6, 6.07) is 7.49. The maximum absolute atomic E-state index is 12.6. The number of nitrogens with one attached hydrogen (secondary N) is 1. The van der Waals surface area contributed by atoms with E-state index >= 15 is 0 Å². The van der Waals surface area contributed by atoms with Crippen LogP contribution in [0, 0.1) is 13.8 Å². The number of methoxy groups -OCH3 is 2. The van der Waals surface area contributed by atoms with E-state index < -0.39 is 0 Å². The van der Waals surface area contributed by atoms with Gasteiger partial charge in [0.05, 0.1) is 25.2 Å². The first-order valence-corrected chi connectivity index (χ1v) is 10.6. The monoisotopic (exact) mass is 430 g/mol. The van der Waals surface area contributed by atoms with Crippen molar-refractivity contribution in [1.29, 1.82) is 0 Å². The maximum atomic E-state index is 12.6. The quantitative estimate of drug-likeness (QED) is 0.440. The molecule has 0 aliphatic heterocycles. The average molecular weight is 431 g/mol. The van der Waals surface area contributed by atoms with E-state index in [1.807, 2.05) is 50.4 Å². The molecule has 0 saturated carbocycles. The van der Waals surface area contributed by atoms with Crippen LogP contribution in [0.5, 0.6) is 11.5 Å². The standard InChI is InChI=1S/C20H22N4O3S2/c1-11-8-12(2)22-20(21-11)29-13(3)18(25)24-19-23-15(10-28-19)14-6-7-16(26-4)17(9-14)27-5/h6-10,13H,1-5H3,(H,23,24,25). The predicted octanol–water partition coefficient (Wildman–Crippen LogP) is 4.35. The lowest BCUT2D eigenvalue weighted by Crippen LogP contribution is -2.22. The van der Waals surface area contributed by atoms with E-state index in [4.69, 9.17) is 9.47 Å². The molecular weight excluding hydrogens is 408 g/mol. The first-order valence-electron chi connectivity index (χ1n) is 8.87. The predicted molar refractivity (Wildman–Crippen MR) is 116 cm³/mol. The molecule has 0 aliphatic rings. The van der Waals surface area contributed by atoms with Crippen molar-refractivity contribution in [3.8, 4) is 22.8 Å². The third kappa shape index (κ3) is 5.24. The molecule has 7 nitrogen and oxygen atoms in total. The van der Waals surface area contributed by atoms with Gasteiger partial charge in [-0.05, 0) is 45.0 Å². The Balaban J connectivity index is 1.68. The third-order valence-corrected chi connectivity index (χ3v) is 5.75. The van der Waals surface area contributed by atoms with E-state index in [1.165, 1.54) is 23.1 Å². The van der Waals surface area contributed by atoms with Crippen molar-refractivity contribution < 1.29 is 14.3 Å². The van der Waals surface area contributed by atoms with Gasteiger partial charge < -0.3 is 14.8 Å². The largest absolute Gasteiger partial charge is 0.493 e. The molecule has 0 radical (unpaired) electrons. The lowest BCUT2D eigenvalue weighted by Gasteiger charge is -2.10. The Kier molecular flexibility index (Phi) is 6.71. The number of benzene rings is 1. The van der Waals surface area contributed by atoms with E-state index in [9.17, 15) is 4.79 Å². The Bertz CT molecular complexity index is 1000. The van der Waals surface area contributed by atoms with Gasteiger partial charge in [-0.3, -0.25) is 4.79 Å². The molecule has 0 fully saturated rings. The number of carbonyl (C=O) groups is 1. The average Bonchev–Trinajstić information content (AvgIpc) is 3.15. The van der Waals surface area contributed by atoms with Crippen molar-refractivity contribution in [2.45, 2.75) is 31.2 Å². The number of aryl methyl sites for hydroxylation is 2. The van der Waals surface area contributed by atoms with E-state index in [1.54, 1.807) is 14.2 Å². The molecule has 1 amide bonds. The number of nitrogens with zero attached hydrogens (tertiary/aromatic N) is 3. The molecule has 1 atom stereocenters. The van der Waals surface area contributed by atoms with Gasteiger partial charge in [0.25, 0.3) is 0 Å². The zero-order valence-electron chi connectivity index (χ0n) is 16.8. The highest BCUT2D eigenvalue weighted by Gasteiger charge is 2.18. The van der Waals surface area contributed by atoms with E-state index in [0.29, 0.717) is 21.8 Å². The highest BCUT2D eigenvalue weighted by atomic mass is 32.2. The highest BCUT2D eigenvalue weighted by molar-refractivity contribution is 8.00. The second-order valence-electron chi connectivity index (χ2n) is 6.29. The Morgan fingerprint density at radius 1 is 1.07 bits per heavy atom. The smallest absolute Gasteiger partial charge is 0.239 e. The number of ether oxygens (including phenoxy) is 2. The normalized spacial score (nSPS) is 11.8. The Morgan fingerprint density at radius 3 is 2.41 bits per heavy atom. The minimum absolute atomic E-state index is 0.147. The van der Waals surface area contributed by atoms with E-state index in [-0.39, 0.29) is 11.2 Å². The van der Waals surface area contributed by atoms with Gasteiger partial charge in [0.15, 0.2) is 21.8 Å². The first kappa shape index (κ1) is 21.1. The molecule has 152 valence electrons. The zero-order valence-corrected chi connectivity index (χ0v) is 18.5. The number of amides is 1. The molecule has 0 bridgehead atoms. The summed E-state index contributed by atoms with van der Waals surface area (Å²) in [5.74, 6) is 1.13. The first-order chi connectivity index (χ1) is 13.9. The van der Waals surface area contributed by atoms with Crippen LogP contribution in [-0.4, -0.2) is 40.3 Å². The highest BCUT2D eigenvalue weighted by Crippen LogP contribution is 2.33. The molecule has 0 aliphatic carbocycles. The molecule has 3 rings (SSSR count). The van der Waals surface area contributed by atoms with E-state index in [2.05, 4.69) is 20.3 Å². The molecule has 0 spiro atoms. The Hall–Kier alpha value is -2.65. The van der Waals surface area contributed by atoms with Crippen LogP contribution in [0.25, 0.3) is 11.3 Å². The molecule has 9 heteroatoms. The minimum Gasteiger partial charge on any atom is -0.493 e. The van der Waals surface area contributed by atoms with Crippen molar-refractivity contribution in [3.05, 3.63) is 41.0 Å². The molecule has 1 unspecified atom stereocenters. The van der Waals surface area contributed by atoms with Crippen LogP contribution >= 0.6 is 23.1 Å². The van der Waals surface area contributed by atoms with E-state index in [0.717, 1.165) is 22.6 Å². The van der Waals surface area contributed by atoms with Crippen LogP contribution < -0.4 is 14.8 Å². The molecule has 0 saturated heterocycles. The van der Waals surface area contributed by atoms with Gasteiger partial charge in [-0.25, -0.2) is 15.0 Å². The minimum atomic E-state index is -0.357. The lowest BCUT2D eigenvalue weighted by atomic mass is 10.1. The van der Waals surface area contributed by atoms with Crippen LogP contribution in [0.3, 0.4) is 0 Å². The zero-order chi connectivity index (χ0) is 21.0. The van der Waals surface area contributed by atoms with Gasteiger partial charge in [-0.2, -0.15) is 0 Å². The third-order valence-electron chi connectivity index (χ3n) is 4.03. The molecule has 1 N–H and O–H groups in total. The van der Waals surface area contributed by atoms with Crippen LogP contribution in [0.15, 0.2) is 34.8 Å². The second kappa shape index (κ2) is 9.23. The van der Waals surface area contributed by atoms with Crippen molar-refractivity contribution in [2.24, 2.45) is 0 Å². The molecule has 2 aromatic heterocycles. The van der Waals surface area contributed by atoms with Gasteiger partial charge in [0.2, 0.25) is 5.91 Å². The van der Waals surface area contributed by atoms with Gasteiger partial charge in [-0.15, -0.1) is 11.3 Å². The summed E-state index contributed by atoms with van der Waals surface area (Å²) in [6.07, 6.45) is 0. The number of rotatable bonds is 7. The van der Waals surface area contributed by atoms with Crippen molar-refractivity contribution in [1.82, 2.24) is 15.0 Å². The summed E-state index contributed by atoms with van der Waals surface area (Å²) < 4.78 is 10.6. The lowest BCUT2D eigenvalue weighted by molar-refractivity contribution is -0.115. The molecule has 3 aromatic rings. The van der Waals surface area contributed by atoms with Crippen molar-refractivity contribution in [2.75, 3.05) is 19.5 Å². The van der Waals surface area contributed by atoms with Crippen molar-refractivity contribution in [3.63, 3.8) is 0 Å². The van der Waals surface area contributed by atoms with Gasteiger partial charge in [0.1, 0.15) is 0 Å². The SMILES string of the molecule is COc1ccc(-c2csc(NC(=O)C(C)Sc3nc(C)cc(C)n3)n2)cc1OC. The number of anilines is 1. The van der Waals surface area contributed by atoms with Gasteiger partial charge >= 0.3 is 0 Å². The van der Waals surface area contributed by atoms with Crippen LogP contribution in [0.1, 0.15) is 18.3 Å². The molecular formula is C20H22N4O3S2. The van der Waals surface area contributed by atoms with Gasteiger partial charge in [-0.1, -0.05) is 11.8 Å². The molecule has 1 aromatic carbocycles. The van der Waals surface area contributed by atoms with Crippen LogP contribution in [0.2, 0.25) is 0 Å². The van der Waals surface area contributed by atoms with Crippen molar-refractivity contribution >= 4 is 34.1 Å². The fourth-order valence-corrected chi connectivity index (χ4v) is 4.22. The topological polar surface area (TPSA) is 86.2 Å². The number of thioether (sulfide) groups is 1. The number of aromatic nitrogens is 3. The molecule has 2 heterocycles. The van der Waals surface area contributed by atoms with Crippen LogP contribution in [0.4, 0.5) is 5.13 Å². The fraction of sp³-hybridized carbons (Fsp3) is 0.300. The number of carbonyl (C=O) groups excluding carboxylic acids is 1. The maximum Gasteiger partial charge on any atom is 0.239 e. The van der Waals surface area contributed by atoms with Gasteiger partial charge in [0, 0.05) is 22.3 Å². The number of thiazole rings is 1. The summed E-state index contributed by atoms with van der Waals surface area (Å²) in [7, 11) is 3.18. The van der Waals surface area contributed by atoms with Crippen LogP contribution in [-0.2, 0) is 4.79 Å². The Morgan fingerprint density at radius 2 is 1.76 bits per heavy atom. The summed E-state index contributed by atoms with van der Waals surface area (Å²) >= 11 is 2.69. The summed E-state index contributed by atoms with van der Waals surface area (Å²) in [5.41, 5.74) is 3.40. The summed E-state index contributed by atoms with van der Waals surface area (Å²) in [5, 5.41) is 5.53. The summed E-state index contributed by atoms with van der Waals surface area (Å²) in [6.45, 7) is 5.65.